The molecule has 0 atom stereocenters. The lowest BCUT2D eigenvalue weighted by Crippen LogP contribution is -2.08. The van der Waals surface area contributed by atoms with Gasteiger partial charge in [0.1, 0.15) is 11.6 Å². The largest absolute Gasteiger partial charge is 0.398 e. The van der Waals surface area contributed by atoms with E-state index < -0.39 is 27.2 Å². The third kappa shape index (κ3) is 3.34. The molecule has 0 heterocycles. The average Bonchev–Trinajstić information content (AvgIpc) is 2.25. The summed E-state index contributed by atoms with van der Waals surface area (Å²) in [5.41, 5.74) is 5.78. The van der Waals surface area contributed by atoms with Crippen LogP contribution in [0.2, 0.25) is 0 Å². The molecule has 0 spiro atoms. The molecule has 2 N–H and O–H groups in total. The van der Waals surface area contributed by atoms with E-state index in [9.17, 15) is 17.2 Å². The van der Waals surface area contributed by atoms with Crippen molar-refractivity contribution >= 4 is 31.5 Å². The second-order valence-corrected chi connectivity index (χ2v) is 7.09. The summed E-state index contributed by atoms with van der Waals surface area (Å²) in [5, 5.41) is 0. The third-order valence-electron chi connectivity index (χ3n) is 2.59. The van der Waals surface area contributed by atoms with Crippen LogP contribution in [-0.4, -0.2) is 8.42 Å². The van der Waals surface area contributed by atoms with Crippen molar-refractivity contribution in [3.8, 4) is 0 Å². The van der Waals surface area contributed by atoms with Gasteiger partial charge in [0.05, 0.1) is 16.3 Å². The zero-order valence-electron chi connectivity index (χ0n) is 10.1. The van der Waals surface area contributed by atoms with Crippen molar-refractivity contribution in [2.45, 2.75) is 10.6 Å². The van der Waals surface area contributed by atoms with E-state index in [1.165, 1.54) is 18.2 Å². The number of benzene rings is 2. The minimum atomic E-state index is -3.77. The summed E-state index contributed by atoms with van der Waals surface area (Å²) < 4.78 is 51.2. The van der Waals surface area contributed by atoms with E-state index in [-0.39, 0.29) is 16.1 Å². The topological polar surface area (TPSA) is 60.2 Å². The van der Waals surface area contributed by atoms with Gasteiger partial charge in [-0.1, -0.05) is 15.9 Å². The SMILES string of the molecule is Nc1cc(Br)ccc1S(=O)(=O)Cc1cc(F)cc(F)c1. The monoisotopic (exact) mass is 361 g/mol. The minimum Gasteiger partial charge on any atom is -0.398 e. The molecular formula is C13H10BrF2NO2S. The Morgan fingerprint density at radius 3 is 2.20 bits per heavy atom. The van der Waals surface area contributed by atoms with Gasteiger partial charge in [-0.25, -0.2) is 17.2 Å². The number of nitrogen functional groups attached to an aromatic ring is 1. The van der Waals surface area contributed by atoms with Crippen LogP contribution in [0.5, 0.6) is 0 Å². The van der Waals surface area contributed by atoms with E-state index in [1.807, 2.05) is 0 Å². The summed E-state index contributed by atoms with van der Waals surface area (Å²) in [5.74, 6) is -2.16. The molecule has 0 aliphatic heterocycles. The highest BCUT2D eigenvalue weighted by Crippen LogP contribution is 2.26. The standard InChI is InChI=1S/C13H10BrF2NO2S/c14-9-1-2-13(12(17)5-9)20(18,19)7-8-3-10(15)6-11(16)4-8/h1-6H,7,17H2. The zero-order valence-corrected chi connectivity index (χ0v) is 12.5. The molecule has 20 heavy (non-hydrogen) atoms. The van der Waals surface area contributed by atoms with E-state index in [2.05, 4.69) is 15.9 Å². The summed E-state index contributed by atoms with van der Waals surface area (Å²) in [6, 6.07) is 6.99. The molecule has 0 fully saturated rings. The lowest BCUT2D eigenvalue weighted by atomic mass is 10.2. The number of sulfone groups is 1. The smallest absolute Gasteiger partial charge is 0.184 e. The Labute approximate surface area is 123 Å². The van der Waals surface area contributed by atoms with Crippen molar-refractivity contribution in [2.75, 3.05) is 5.73 Å². The maximum absolute atomic E-state index is 13.1. The van der Waals surface area contributed by atoms with Crippen LogP contribution in [0, 0.1) is 11.6 Å². The predicted molar refractivity (Wildman–Crippen MR) is 75.8 cm³/mol. The second kappa shape index (κ2) is 5.49. The molecule has 2 rings (SSSR count). The molecule has 0 aromatic heterocycles. The molecule has 7 heteroatoms. The molecule has 2 aromatic rings. The molecule has 0 aliphatic carbocycles. The first-order chi connectivity index (χ1) is 9.28. The molecule has 0 amide bonds. The molecular weight excluding hydrogens is 352 g/mol. The lowest BCUT2D eigenvalue weighted by Gasteiger charge is -2.08. The molecule has 2 aromatic carbocycles. The van der Waals surface area contributed by atoms with Gasteiger partial charge in [-0.15, -0.1) is 0 Å². The lowest BCUT2D eigenvalue weighted by molar-refractivity contribution is 0.579. The van der Waals surface area contributed by atoms with Crippen LogP contribution in [-0.2, 0) is 15.6 Å². The second-order valence-electron chi connectivity index (χ2n) is 4.22. The van der Waals surface area contributed by atoms with E-state index in [0.717, 1.165) is 12.1 Å². The first-order valence-corrected chi connectivity index (χ1v) is 7.95. The van der Waals surface area contributed by atoms with E-state index >= 15 is 0 Å². The normalized spacial score (nSPS) is 11.6. The summed E-state index contributed by atoms with van der Waals surface area (Å²) in [7, 11) is -3.77. The summed E-state index contributed by atoms with van der Waals surface area (Å²) in [6.07, 6.45) is 0. The molecule has 0 saturated heterocycles. The van der Waals surface area contributed by atoms with Crippen LogP contribution in [0.15, 0.2) is 45.8 Å². The Bertz CT molecular complexity index is 743. The van der Waals surface area contributed by atoms with Crippen molar-refractivity contribution in [1.29, 1.82) is 0 Å². The maximum Gasteiger partial charge on any atom is 0.184 e. The quantitative estimate of drug-likeness (QED) is 0.853. The van der Waals surface area contributed by atoms with Crippen LogP contribution in [0.4, 0.5) is 14.5 Å². The maximum atomic E-state index is 13.1. The number of nitrogens with two attached hydrogens (primary N) is 1. The van der Waals surface area contributed by atoms with Crippen molar-refractivity contribution in [3.63, 3.8) is 0 Å². The Kier molecular flexibility index (Phi) is 4.10. The van der Waals surface area contributed by atoms with Gasteiger partial charge in [0.15, 0.2) is 9.84 Å². The van der Waals surface area contributed by atoms with Crippen LogP contribution in [0.3, 0.4) is 0 Å². The summed E-state index contributed by atoms with van der Waals surface area (Å²) >= 11 is 3.17. The molecule has 0 radical (unpaired) electrons. The minimum absolute atomic E-state index is 0.0322. The Hall–Kier alpha value is -1.47. The number of rotatable bonds is 3. The molecule has 106 valence electrons. The van der Waals surface area contributed by atoms with E-state index in [0.29, 0.717) is 10.5 Å². The Morgan fingerprint density at radius 2 is 1.65 bits per heavy atom. The van der Waals surface area contributed by atoms with Crippen molar-refractivity contribution in [2.24, 2.45) is 0 Å². The van der Waals surface area contributed by atoms with Gasteiger partial charge in [-0.3, -0.25) is 0 Å². The molecule has 0 aliphatic rings. The van der Waals surface area contributed by atoms with Crippen LogP contribution < -0.4 is 5.73 Å². The summed E-state index contributed by atoms with van der Waals surface area (Å²) in [4.78, 5) is -0.0645. The molecule has 0 unspecified atom stereocenters. The highest BCUT2D eigenvalue weighted by Gasteiger charge is 2.19. The molecule has 0 saturated carbocycles. The zero-order chi connectivity index (χ0) is 14.9. The average molecular weight is 362 g/mol. The Morgan fingerprint density at radius 1 is 1.05 bits per heavy atom. The fraction of sp³-hybridized carbons (Fsp3) is 0.0769. The molecule has 0 bridgehead atoms. The van der Waals surface area contributed by atoms with Crippen LogP contribution in [0.1, 0.15) is 5.56 Å². The Balaban J connectivity index is 2.40. The van der Waals surface area contributed by atoms with E-state index in [4.69, 9.17) is 5.73 Å². The number of halogens is 3. The number of anilines is 1. The number of hydrogen-bond acceptors (Lipinski definition) is 3. The first-order valence-electron chi connectivity index (χ1n) is 5.51. The van der Waals surface area contributed by atoms with Crippen LogP contribution >= 0.6 is 15.9 Å². The van der Waals surface area contributed by atoms with Crippen molar-refractivity contribution in [1.82, 2.24) is 0 Å². The highest BCUT2D eigenvalue weighted by molar-refractivity contribution is 9.10. The van der Waals surface area contributed by atoms with E-state index in [1.54, 1.807) is 0 Å². The van der Waals surface area contributed by atoms with Gasteiger partial charge in [-0.2, -0.15) is 0 Å². The van der Waals surface area contributed by atoms with Gasteiger partial charge in [0.2, 0.25) is 0 Å². The van der Waals surface area contributed by atoms with Gasteiger partial charge >= 0.3 is 0 Å². The summed E-state index contributed by atoms with van der Waals surface area (Å²) in [6.45, 7) is 0. The van der Waals surface area contributed by atoms with Gasteiger partial charge in [0, 0.05) is 10.5 Å². The molecule has 3 nitrogen and oxygen atoms in total. The third-order valence-corrected chi connectivity index (χ3v) is 4.83. The van der Waals surface area contributed by atoms with Gasteiger partial charge in [0.25, 0.3) is 0 Å². The van der Waals surface area contributed by atoms with Gasteiger partial charge < -0.3 is 5.73 Å². The van der Waals surface area contributed by atoms with Crippen molar-refractivity contribution in [3.05, 3.63) is 58.1 Å². The van der Waals surface area contributed by atoms with Gasteiger partial charge in [-0.05, 0) is 35.9 Å². The van der Waals surface area contributed by atoms with Crippen molar-refractivity contribution < 1.29 is 17.2 Å². The number of hydrogen-bond donors (Lipinski definition) is 1. The van der Waals surface area contributed by atoms with Crippen LogP contribution in [0.25, 0.3) is 0 Å². The fourth-order valence-electron chi connectivity index (χ4n) is 1.79. The predicted octanol–water partition coefficient (Wildman–Crippen LogP) is 3.28. The highest BCUT2D eigenvalue weighted by atomic mass is 79.9. The first kappa shape index (κ1) is 14.9. The fourth-order valence-corrected chi connectivity index (χ4v) is 3.63.